The van der Waals surface area contributed by atoms with Gasteiger partial charge in [-0.15, -0.1) is 0 Å². The van der Waals surface area contributed by atoms with Crippen LogP contribution in [0, 0.1) is 0 Å². The van der Waals surface area contributed by atoms with Gasteiger partial charge in [-0.25, -0.2) is 4.79 Å². The van der Waals surface area contributed by atoms with E-state index in [0.717, 1.165) is 28.7 Å². The Morgan fingerprint density at radius 3 is 2.23 bits per heavy atom. The fourth-order valence-electron chi connectivity index (χ4n) is 3.31. The van der Waals surface area contributed by atoms with Crippen molar-refractivity contribution in [3.05, 3.63) is 47.5 Å². The van der Waals surface area contributed by atoms with E-state index in [4.69, 9.17) is 28.8 Å². The third kappa shape index (κ3) is 6.73. The summed E-state index contributed by atoms with van der Waals surface area (Å²) in [6.45, 7) is 2.36. The number of rotatable bonds is 14. The molecule has 0 atom stereocenters. The molecule has 0 spiro atoms. The highest BCUT2D eigenvalue weighted by molar-refractivity contribution is 5.77. The second-order valence-corrected chi connectivity index (χ2v) is 6.58. The second kappa shape index (κ2) is 12.8. The van der Waals surface area contributed by atoms with Crippen molar-refractivity contribution in [2.45, 2.75) is 26.2 Å². The molecule has 30 heavy (non-hydrogen) atoms. The van der Waals surface area contributed by atoms with Gasteiger partial charge >= 0.3 is 5.97 Å². The van der Waals surface area contributed by atoms with Gasteiger partial charge in [-0.05, 0) is 36.0 Å². The van der Waals surface area contributed by atoms with Crippen LogP contribution in [0.1, 0.15) is 24.5 Å². The highest BCUT2D eigenvalue weighted by Gasteiger charge is 2.20. The molecule has 0 aromatic heterocycles. The SMILES string of the molecule is CCc1c(OCOC)cc(OCOC)c(-c2ccccc2)c1CCCOCC(=O)O. The molecule has 7 heteroatoms. The molecule has 0 amide bonds. The van der Waals surface area contributed by atoms with Gasteiger partial charge in [0.1, 0.15) is 18.1 Å². The van der Waals surface area contributed by atoms with Crippen molar-refractivity contribution in [1.82, 2.24) is 0 Å². The van der Waals surface area contributed by atoms with Crippen LogP contribution < -0.4 is 9.47 Å². The van der Waals surface area contributed by atoms with Crippen molar-refractivity contribution >= 4 is 5.97 Å². The van der Waals surface area contributed by atoms with Gasteiger partial charge in [-0.3, -0.25) is 0 Å². The Labute approximate surface area is 177 Å². The number of carbonyl (C=O) groups is 1. The summed E-state index contributed by atoms with van der Waals surface area (Å²) in [6.07, 6.45) is 2.10. The van der Waals surface area contributed by atoms with Crippen molar-refractivity contribution in [2.24, 2.45) is 0 Å². The van der Waals surface area contributed by atoms with Crippen LogP contribution in [0.3, 0.4) is 0 Å². The molecule has 0 radical (unpaired) electrons. The van der Waals surface area contributed by atoms with Crippen molar-refractivity contribution in [3.8, 4) is 22.6 Å². The molecule has 0 saturated heterocycles. The Kier molecular flexibility index (Phi) is 10.1. The predicted molar refractivity (Wildman–Crippen MR) is 113 cm³/mol. The number of carboxylic acids is 1. The zero-order chi connectivity index (χ0) is 21.8. The summed E-state index contributed by atoms with van der Waals surface area (Å²) in [5.74, 6) is 0.388. The number of methoxy groups -OCH3 is 2. The zero-order valence-electron chi connectivity index (χ0n) is 17.8. The number of ether oxygens (including phenoxy) is 5. The van der Waals surface area contributed by atoms with Gasteiger partial charge in [0.25, 0.3) is 0 Å². The van der Waals surface area contributed by atoms with Crippen LogP contribution in [0.5, 0.6) is 11.5 Å². The molecule has 0 aliphatic rings. The summed E-state index contributed by atoms with van der Waals surface area (Å²) in [7, 11) is 3.15. The first-order valence-corrected chi connectivity index (χ1v) is 9.89. The molecule has 164 valence electrons. The van der Waals surface area contributed by atoms with Gasteiger partial charge in [0.05, 0.1) is 0 Å². The number of carboxylic acid groups (broad SMARTS) is 1. The third-order valence-corrected chi connectivity index (χ3v) is 4.49. The van der Waals surface area contributed by atoms with Crippen LogP contribution in [-0.4, -0.2) is 52.1 Å². The molecular weight excluding hydrogens is 388 g/mol. The molecule has 0 aliphatic carbocycles. The first kappa shape index (κ1) is 23.7. The average Bonchev–Trinajstić information content (AvgIpc) is 2.76. The maximum Gasteiger partial charge on any atom is 0.329 e. The van der Waals surface area contributed by atoms with Gasteiger partial charge in [0.2, 0.25) is 0 Å². The van der Waals surface area contributed by atoms with Crippen LogP contribution in [0.15, 0.2) is 36.4 Å². The summed E-state index contributed by atoms with van der Waals surface area (Å²) in [5, 5.41) is 8.76. The van der Waals surface area contributed by atoms with E-state index in [1.807, 2.05) is 36.4 Å². The van der Waals surface area contributed by atoms with Gasteiger partial charge in [0.15, 0.2) is 13.6 Å². The van der Waals surface area contributed by atoms with Crippen LogP contribution in [-0.2, 0) is 31.8 Å². The van der Waals surface area contributed by atoms with Gasteiger partial charge in [-0.2, -0.15) is 0 Å². The second-order valence-electron chi connectivity index (χ2n) is 6.58. The molecule has 0 saturated carbocycles. The van der Waals surface area contributed by atoms with E-state index in [-0.39, 0.29) is 20.2 Å². The van der Waals surface area contributed by atoms with Crippen molar-refractivity contribution < 1.29 is 33.6 Å². The molecule has 0 unspecified atom stereocenters. The standard InChI is InChI=1S/C23H30O7/c1-4-18-19(11-8-12-28-14-22(24)25)23(17-9-6-5-7-10-17)21(30-16-27-3)13-20(18)29-15-26-2/h5-7,9-10,13H,4,8,11-12,14-16H2,1-3H3,(H,24,25). The van der Waals surface area contributed by atoms with E-state index in [1.165, 1.54) is 0 Å². The van der Waals surface area contributed by atoms with E-state index in [0.29, 0.717) is 30.9 Å². The van der Waals surface area contributed by atoms with Gasteiger partial charge < -0.3 is 28.8 Å². The summed E-state index contributed by atoms with van der Waals surface area (Å²) in [6, 6.07) is 11.9. The number of aliphatic carboxylic acids is 1. The Morgan fingerprint density at radius 2 is 1.63 bits per heavy atom. The van der Waals surface area contributed by atoms with Crippen LogP contribution in [0.2, 0.25) is 0 Å². The fourth-order valence-corrected chi connectivity index (χ4v) is 3.31. The minimum Gasteiger partial charge on any atom is -0.480 e. The Morgan fingerprint density at radius 1 is 0.967 bits per heavy atom. The quantitative estimate of drug-likeness (QED) is 0.368. The maximum atomic E-state index is 10.7. The molecule has 0 aliphatic heterocycles. The average molecular weight is 418 g/mol. The highest BCUT2D eigenvalue weighted by Crippen LogP contribution is 2.41. The lowest BCUT2D eigenvalue weighted by molar-refractivity contribution is -0.142. The fraction of sp³-hybridized carbons (Fsp3) is 0.435. The van der Waals surface area contributed by atoms with Gasteiger partial charge in [-0.1, -0.05) is 37.3 Å². The molecule has 7 nitrogen and oxygen atoms in total. The molecular formula is C23H30O7. The van der Waals surface area contributed by atoms with Crippen molar-refractivity contribution in [1.29, 1.82) is 0 Å². The van der Waals surface area contributed by atoms with E-state index in [1.54, 1.807) is 14.2 Å². The number of benzene rings is 2. The Hall–Kier alpha value is -2.61. The first-order valence-electron chi connectivity index (χ1n) is 9.89. The monoisotopic (exact) mass is 418 g/mol. The summed E-state index contributed by atoms with van der Waals surface area (Å²) >= 11 is 0. The lowest BCUT2D eigenvalue weighted by atomic mass is 9.89. The lowest BCUT2D eigenvalue weighted by Gasteiger charge is -2.22. The van der Waals surface area contributed by atoms with Crippen molar-refractivity contribution in [3.63, 3.8) is 0 Å². The Balaban J connectivity index is 2.48. The summed E-state index contributed by atoms with van der Waals surface area (Å²) in [5.41, 5.74) is 4.15. The summed E-state index contributed by atoms with van der Waals surface area (Å²) in [4.78, 5) is 10.7. The first-order chi connectivity index (χ1) is 14.6. The minimum atomic E-state index is -0.973. The van der Waals surface area contributed by atoms with Crippen molar-refractivity contribution in [2.75, 3.05) is 41.0 Å². The topological polar surface area (TPSA) is 83.5 Å². The number of hydrogen-bond acceptors (Lipinski definition) is 6. The number of hydrogen-bond donors (Lipinski definition) is 1. The molecule has 0 bridgehead atoms. The van der Waals surface area contributed by atoms with E-state index in [9.17, 15) is 4.79 Å². The smallest absolute Gasteiger partial charge is 0.329 e. The lowest BCUT2D eigenvalue weighted by Crippen LogP contribution is -2.11. The maximum absolute atomic E-state index is 10.7. The largest absolute Gasteiger partial charge is 0.480 e. The van der Waals surface area contributed by atoms with Crippen LogP contribution in [0.4, 0.5) is 0 Å². The van der Waals surface area contributed by atoms with Crippen LogP contribution >= 0.6 is 0 Å². The molecule has 0 heterocycles. The third-order valence-electron chi connectivity index (χ3n) is 4.49. The van der Waals surface area contributed by atoms with E-state index in [2.05, 4.69) is 6.92 Å². The predicted octanol–water partition coefficient (Wildman–Crippen LogP) is 3.92. The highest BCUT2D eigenvalue weighted by atomic mass is 16.7. The molecule has 2 rings (SSSR count). The zero-order valence-corrected chi connectivity index (χ0v) is 17.8. The molecule has 0 fully saturated rings. The minimum absolute atomic E-state index is 0.107. The normalized spacial score (nSPS) is 10.8. The Bertz CT molecular complexity index is 790. The van der Waals surface area contributed by atoms with Crippen LogP contribution in [0.25, 0.3) is 11.1 Å². The van der Waals surface area contributed by atoms with Gasteiger partial charge in [0, 0.05) is 32.5 Å². The molecule has 2 aromatic carbocycles. The van der Waals surface area contributed by atoms with E-state index < -0.39 is 5.97 Å². The van der Waals surface area contributed by atoms with E-state index >= 15 is 0 Å². The molecule has 1 N–H and O–H groups in total. The summed E-state index contributed by atoms with van der Waals surface area (Å²) < 4.78 is 27.2. The molecule has 2 aromatic rings.